The number of nitrogens with one attached hydrogen (secondary N) is 1. The highest BCUT2D eigenvalue weighted by Crippen LogP contribution is 2.65. The van der Waals surface area contributed by atoms with Crippen molar-refractivity contribution in [2.24, 2.45) is 17.3 Å². The fourth-order valence-corrected chi connectivity index (χ4v) is 6.65. The number of carbonyl (C=O) groups excluding carboxylic acids is 2. The molecule has 174 valence electrons. The molecule has 32 heavy (non-hydrogen) atoms. The summed E-state index contributed by atoms with van der Waals surface area (Å²) < 4.78 is 13.1. The summed E-state index contributed by atoms with van der Waals surface area (Å²) in [5.74, 6) is 0.785. The quantitative estimate of drug-likeness (QED) is 0.479. The molecule has 1 unspecified atom stereocenters. The molecule has 6 nitrogen and oxygen atoms in total. The van der Waals surface area contributed by atoms with E-state index in [1.54, 1.807) is 6.07 Å². The Kier molecular flexibility index (Phi) is 6.18. The third-order valence-electron chi connectivity index (χ3n) is 8.27. The van der Waals surface area contributed by atoms with E-state index in [-0.39, 0.29) is 40.5 Å². The van der Waals surface area contributed by atoms with Gasteiger partial charge < -0.3 is 19.7 Å². The van der Waals surface area contributed by atoms with Gasteiger partial charge >= 0.3 is 7.12 Å². The fourth-order valence-electron chi connectivity index (χ4n) is 6.31. The molecule has 0 radical (unpaired) electrons. The van der Waals surface area contributed by atoms with Gasteiger partial charge in [-0.3, -0.25) is 9.59 Å². The van der Waals surface area contributed by atoms with Crippen molar-refractivity contribution in [2.75, 3.05) is 12.0 Å². The summed E-state index contributed by atoms with van der Waals surface area (Å²) in [4.78, 5) is 24.6. The van der Waals surface area contributed by atoms with E-state index in [0.29, 0.717) is 29.6 Å². The van der Waals surface area contributed by atoms with Crippen molar-refractivity contribution in [3.63, 3.8) is 0 Å². The maximum atomic E-state index is 12.5. The molecule has 1 aromatic rings. The van der Waals surface area contributed by atoms with Gasteiger partial charge in [-0.15, -0.1) is 0 Å². The predicted molar refractivity (Wildman–Crippen MR) is 127 cm³/mol. The molecule has 1 heterocycles. The largest absolute Gasteiger partial charge is 0.507 e. The third-order valence-corrected chi connectivity index (χ3v) is 8.82. The van der Waals surface area contributed by atoms with Gasteiger partial charge in [0.2, 0.25) is 5.91 Å². The second-order valence-corrected chi connectivity index (χ2v) is 11.3. The van der Waals surface area contributed by atoms with Gasteiger partial charge in [0, 0.05) is 0 Å². The molecule has 0 spiro atoms. The minimum atomic E-state index is -0.556. The van der Waals surface area contributed by atoms with E-state index < -0.39 is 7.12 Å². The van der Waals surface area contributed by atoms with Crippen molar-refractivity contribution in [3.8, 4) is 5.75 Å². The Balaban J connectivity index is 1.61. The highest BCUT2D eigenvalue weighted by molar-refractivity contribution is 7.99. The van der Waals surface area contributed by atoms with Gasteiger partial charge in [0.05, 0.1) is 29.0 Å². The zero-order chi connectivity index (χ0) is 23.4. The van der Waals surface area contributed by atoms with Crippen LogP contribution in [0.25, 0.3) is 0 Å². The van der Waals surface area contributed by atoms with Gasteiger partial charge in [0.25, 0.3) is 0 Å². The molecule has 2 N–H and O–H groups in total. The Morgan fingerprint density at radius 2 is 2.03 bits per heavy atom. The predicted octanol–water partition coefficient (Wildman–Crippen LogP) is 3.56. The lowest BCUT2D eigenvalue weighted by molar-refractivity contribution is -0.199. The number of Topliss-reactive ketones (excluding diaryl/α,β-unsaturated/α-hetero) is 1. The van der Waals surface area contributed by atoms with Crippen LogP contribution in [0.2, 0.25) is 0 Å². The van der Waals surface area contributed by atoms with Crippen LogP contribution in [0.4, 0.5) is 0 Å². The SMILES string of the molecule is CSCC(=O)N[C@@H](Cc1ccc(O)c(C(C)=O)c1C)B1OC2C[C@@H]3C[C@@H](C3(C)C)[C@]2(C)O1. The molecule has 8 heteroatoms. The molecule has 1 aromatic carbocycles. The van der Waals surface area contributed by atoms with E-state index in [4.69, 9.17) is 9.31 Å². The van der Waals surface area contributed by atoms with Crippen LogP contribution in [0.3, 0.4) is 0 Å². The number of amides is 1. The van der Waals surface area contributed by atoms with Gasteiger partial charge in [-0.1, -0.05) is 19.9 Å². The Labute approximate surface area is 195 Å². The van der Waals surface area contributed by atoms with Crippen molar-refractivity contribution in [1.82, 2.24) is 5.32 Å². The van der Waals surface area contributed by atoms with Crippen LogP contribution in [-0.2, 0) is 20.5 Å². The number of benzene rings is 1. The van der Waals surface area contributed by atoms with Gasteiger partial charge in [-0.2, -0.15) is 11.8 Å². The number of hydrogen-bond donors (Lipinski definition) is 2. The number of carbonyl (C=O) groups is 2. The van der Waals surface area contributed by atoms with Gasteiger partial charge in [0.1, 0.15) is 5.75 Å². The first-order chi connectivity index (χ1) is 15.0. The first-order valence-electron chi connectivity index (χ1n) is 11.4. The lowest BCUT2D eigenvalue weighted by Gasteiger charge is -2.64. The van der Waals surface area contributed by atoms with Crippen LogP contribution in [0.1, 0.15) is 62.0 Å². The molecule has 5 rings (SSSR count). The average Bonchev–Trinajstić information content (AvgIpc) is 3.06. The molecule has 1 saturated heterocycles. The van der Waals surface area contributed by atoms with Crippen molar-refractivity contribution in [1.29, 1.82) is 0 Å². The Morgan fingerprint density at radius 3 is 2.66 bits per heavy atom. The third kappa shape index (κ3) is 3.78. The highest BCUT2D eigenvalue weighted by atomic mass is 32.2. The molecule has 0 aromatic heterocycles. The minimum Gasteiger partial charge on any atom is -0.507 e. The van der Waals surface area contributed by atoms with Crippen LogP contribution in [-0.4, -0.2) is 53.6 Å². The summed E-state index contributed by atoms with van der Waals surface area (Å²) in [5.41, 5.74) is 1.82. The second kappa shape index (κ2) is 8.37. The second-order valence-electron chi connectivity index (χ2n) is 10.4. The Hall–Kier alpha value is -1.51. The van der Waals surface area contributed by atoms with Crippen molar-refractivity contribution in [3.05, 3.63) is 28.8 Å². The number of phenols is 1. The Bertz CT molecular complexity index is 937. The molecular weight excluding hydrogens is 425 g/mol. The monoisotopic (exact) mass is 459 g/mol. The van der Waals surface area contributed by atoms with E-state index >= 15 is 0 Å². The molecule has 3 aliphatic carbocycles. The van der Waals surface area contributed by atoms with Gasteiger partial charge in [-0.25, -0.2) is 0 Å². The molecule has 4 aliphatic rings. The number of ketones is 1. The van der Waals surface area contributed by atoms with Crippen LogP contribution in [0.15, 0.2) is 12.1 Å². The smallest absolute Gasteiger partial charge is 0.482 e. The van der Waals surface area contributed by atoms with Crippen molar-refractivity contribution < 1.29 is 24.0 Å². The topological polar surface area (TPSA) is 84.9 Å². The van der Waals surface area contributed by atoms with Crippen molar-refractivity contribution >= 4 is 30.6 Å². The zero-order valence-electron chi connectivity index (χ0n) is 19.9. The summed E-state index contributed by atoms with van der Waals surface area (Å²) in [6.45, 7) is 10.1. The molecule has 3 saturated carbocycles. The van der Waals surface area contributed by atoms with Crippen LogP contribution >= 0.6 is 11.8 Å². The molecule has 1 amide bonds. The summed E-state index contributed by atoms with van der Waals surface area (Å²) in [6.07, 6.45) is 4.52. The molecular formula is C24H34BNO5S. The number of phenolic OH excluding ortho intramolecular Hbond substituents is 1. The van der Waals surface area contributed by atoms with Crippen LogP contribution in [0.5, 0.6) is 5.75 Å². The molecule has 5 atom stereocenters. The van der Waals surface area contributed by atoms with E-state index in [2.05, 4.69) is 26.1 Å². The number of hydrogen-bond acceptors (Lipinski definition) is 6. The maximum absolute atomic E-state index is 12.5. The summed E-state index contributed by atoms with van der Waals surface area (Å²) >= 11 is 1.47. The van der Waals surface area contributed by atoms with Gasteiger partial charge in [0.15, 0.2) is 5.78 Å². The van der Waals surface area contributed by atoms with Gasteiger partial charge in [-0.05, 0) is 80.7 Å². The zero-order valence-corrected chi connectivity index (χ0v) is 20.7. The summed E-state index contributed by atoms with van der Waals surface area (Å²) in [5, 5.41) is 13.3. The van der Waals surface area contributed by atoms with Crippen LogP contribution in [0, 0.1) is 24.2 Å². The summed E-state index contributed by atoms with van der Waals surface area (Å²) in [6, 6.07) is 3.36. The van der Waals surface area contributed by atoms with Crippen LogP contribution < -0.4 is 5.32 Å². The average molecular weight is 459 g/mol. The maximum Gasteiger partial charge on any atom is 0.482 e. The highest BCUT2D eigenvalue weighted by Gasteiger charge is 2.68. The lowest BCUT2D eigenvalue weighted by atomic mass is 9.43. The minimum absolute atomic E-state index is 0.0179. The van der Waals surface area contributed by atoms with Crippen molar-refractivity contribution in [2.45, 2.75) is 71.5 Å². The number of thioether (sulfide) groups is 1. The molecule has 1 aliphatic heterocycles. The van der Waals surface area contributed by atoms with E-state index in [1.165, 1.54) is 25.1 Å². The van der Waals surface area contributed by atoms with E-state index in [9.17, 15) is 14.7 Å². The molecule has 4 fully saturated rings. The summed E-state index contributed by atoms with van der Waals surface area (Å²) in [7, 11) is -0.556. The number of rotatable bonds is 7. The molecule has 2 bridgehead atoms. The fraction of sp³-hybridized carbons (Fsp3) is 0.667. The lowest BCUT2D eigenvalue weighted by Crippen LogP contribution is -2.65. The first kappa shape index (κ1) is 23.6. The van der Waals surface area contributed by atoms with E-state index in [0.717, 1.165) is 17.5 Å². The first-order valence-corrected chi connectivity index (χ1v) is 12.8. The standard InChI is InChI=1S/C24H34BNO5S/c1-13-15(7-8-17(28)22(13)14(2)27)9-20(26-21(29)12-32-6)25-30-19-11-16-10-18(23(16,3)4)24(19,5)31-25/h7-8,16,18-20,28H,9-12H2,1-6H3,(H,26,29)/t16-,18-,19?,20-,24-/m0/s1. The normalized spacial score (nSPS) is 30.9. The number of aromatic hydroxyl groups is 1. The Morgan fingerprint density at radius 1 is 1.31 bits per heavy atom. The van der Waals surface area contributed by atoms with E-state index in [1.807, 2.05) is 19.2 Å².